The van der Waals surface area contributed by atoms with E-state index in [9.17, 15) is 18.3 Å². The molecule has 2 aromatic heterocycles. The van der Waals surface area contributed by atoms with Crippen LogP contribution in [0.5, 0.6) is 0 Å². The first-order chi connectivity index (χ1) is 13.1. The number of aliphatic carboxylic acids is 1. The monoisotopic (exact) mass is 410 g/mol. The van der Waals surface area contributed by atoms with E-state index in [-0.39, 0.29) is 11.7 Å². The van der Waals surface area contributed by atoms with Crippen molar-refractivity contribution in [1.29, 1.82) is 0 Å². The standard InChI is InChI=1S/C19H30N4O4S/c1-14(2)12-18(19(24)25)22(4)28(26,27)11-7-5-6-10-23-15(3)21-16-13-20-9-8-17(16)23/h8-9,13-14,18H,5-7,10-12H2,1-4H3,(H,24,25)/t18-/m0/s1. The van der Waals surface area contributed by atoms with E-state index in [4.69, 9.17) is 0 Å². The second-order valence-corrected chi connectivity index (χ2v) is 9.70. The molecule has 28 heavy (non-hydrogen) atoms. The molecule has 8 nitrogen and oxygen atoms in total. The van der Waals surface area contributed by atoms with Crippen LogP contribution in [-0.2, 0) is 21.4 Å². The minimum absolute atomic E-state index is 0.0427. The lowest BCUT2D eigenvalue weighted by atomic mass is 10.0. The Bertz CT molecular complexity index is 908. The predicted molar refractivity (Wildman–Crippen MR) is 109 cm³/mol. The molecule has 9 heteroatoms. The average Bonchev–Trinajstić information content (AvgIpc) is 2.93. The highest BCUT2D eigenvalue weighted by atomic mass is 32.2. The van der Waals surface area contributed by atoms with E-state index in [0.29, 0.717) is 12.8 Å². The molecule has 156 valence electrons. The molecule has 0 radical (unpaired) electrons. The Hall–Kier alpha value is -2.00. The van der Waals surface area contributed by atoms with Gasteiger partial charge in [0, 0.05) is 19.8 Å². The number of sulfonamides is 1. The normalized spacial score (nSPS) is 13.5. The lowest BCUT2D eigenvalue weighted by Crippen LogP contribution is -2.44. The van der Waals surface area contributed by atoms with Crippen LogP contribution in [0.4, 0.5) is 0 Å². The maximum absolute atomic E-state index is 12.5. The molecule has 0 aliphatic carbocycles. The van der Waals surface area contributed by atoms with Gasteiger partial charge in [0.2, 0.25) is 10.0 Å². The number of hydrogen-bond acceptors (Lipinski definition) is 5. The Kier molecular flexibility index (Phi) is 7.54. The van der Waals surface area contributed by atoms with E-state index in [2.05, 4.69) is 14.5 Å². The van der Waals surface area contributed by atoms with Gasteiger partial charge in [-0.25, -0.2) is 13.4 Å². The summed E-state index contributed by atoms with van der Waals surface area (Å²) >= 11 is 0. The molecule has 2 heterocycles. The van der Waals surface area contributed by atoms with Crippen LogP contribution in [0.2, 0.25) is 0 Å². The van der Waals surface area contributed by atoms with Crippen LogP contribution in [0.1, 0.15) is 45.4 Å². The van der Waals surface area contributed by atoms with E-state index in [0.717, 1.165) is 40.5 Å². The van der Waals surface area contributed by atoms with Gasteiger partial charge in [-0.3, -0.25) is 9.78 Å². The Labute approximate surface area is 166 Å². The van der Waals surface area contributed by atoms with Crippen molar-refractivity contribution in [3.8, 4) is 0 Å². The summed E-state index contributed by atoms with van der Waals surface area (Å²) in [7, 11) is -2.24. The molecular formula is C19H30N4O4S. The summed E-state index contributed by atoms with van der Waals surface area (Å²) in [6.45, 7) is 6.47. The molecule has 2 rings (SSSR count). The van der Waals surface area contributed by atoms with Gasteiger partial charge in [0.15, 0.2) is 0 Å². The van der Waals surface area contributed by atoms with Crippen LogP contribution in [0, 0.1) is 12.8 Å². The predicted octanol–water partition coefficient (Wildman–Crippen LogP) is 2.67. The van der Waals surface area contributed by atoms with Crippen molar-refractivity contribution >= 4 is 27.0 Å². The van der Waals surface area contributed by atoms with Crippen molar-refractivity contribution in [3.05, 3.63) is 24.3 Å². The smallest absolute Gasteiger partial charge is 0.322 e. The number of carboxylic acids is 1. The summed E-state index contributed by atoms with van der Waals surface area (Å²) in [4.78, 5) is 20.0. The van der Waals surface area contributed by atoms with Gasteiger partial charge in [-0.05, 0) is 38.2 Å². The number of hydrogen-bond donors (Lipinski definition) is 1. The zero-order chi connectivity index (χ0) is 20.9. The maximum atomic E-state index is 12.5. The molecule has 0 amide bonds. The third kappa shape index (κ3) is 5.51. The molecule has 0 aliphatic heterocycles. The molecule has 0 aromatic carbocycles. The van der Waals surface area contributed by atoms with Gasteiger partial charge in [0.25, 0.3) is 0 Å². The summed E-state index contributed by atoms with van der Waals surface area (Å²) in [6, 6.07) is 0.911. The molecule has 0 saturated carbocycles. The second-order valence-electron chi connectivity index (χ2n) is 7.55. The lowest BCUT2D eigenvalue weighted by molar-refractivity contribution is -0.141. The summed E-state index contributed by atoms with van der Waals surface area (Å²) < 4.78 is 28.2. The first-order valence-electron chi connectivity index (χ1n) is 9.59. The van der Waals surface area contributed by atoms with E-state index in [1.165, 1.54) is 7.05 Å². The molecule has 0 saturated heterocycles. The van der Waals surface area contributed by atoms with E-state index in [1.54, 1.807) is 12.4 Å². The molecule has 1 atom stereocenters. The SMILES string of the molecule is Cc1nc2cnccc2n1CCCCCS(=O)(=O)N(C)[C@@H](CC(C)C)C(=O)O. The zero-order valence-corrected chi connectivity index (χ0v) is 17.8. The Morgan fingerprint density at radius 3 is 2.64 bits per heavy atom. The molecule has 0 unspecified atom stereocenters. The third-order valence-corrected chi connectivity index (χ3v) is 6.82. The first-order valence-corrected chi connectivity index (χ1v) is 11.2. The number of imidazole rings is 1. The van der Waals surface area contributed by atoms with Crippen molar-refractivity contribution < 1.29 is 18.3 Å². The van der Waals surface area contributed by atoms with Crippen LogP contribution in [0.25, 0.3) is 11.0 Å². The Morgan fingerprint density at radius 1 is 1.29 bits per heavy atom. The van der Waals surface area contributed by atoms with E-state index in [1.807, 2.05) is 26.8 Å². The first kappa shape index (κ1) is 22.3. The lowest BCUT2D eigenvalue weighted by Gasteiger charge is -2.25. The minimum Gasteiger partial charge on any atom is -0.480 e. The van der Waals surface area contributed by atoms with Crippen molar-refractivity contribution in [2.45, 2.75) is 59.0 Å². The summed E-state index contributed by atoms with van der Waals surface area (Å²) in [5.41, 5.74) is 1.88. The second kappa shape index (κ2) is 9.47. The number of likely N-dealkylation sites (N-methyl/N-ethyl adjacent to an activating group) is 1. The topological polar surface area (TPSA) is 105 Å². The maximum Gasteiger partial charge on any atom is 0.322 e. The van der Waals surface area contributed by atoms with Gasteiger partial charge in [0.1, 0.15) is 17.4 Å². The number of fused-ring (bicyclic) bond motifs is 1. The molecule has 0 aliphatic rings. The van der Waals surface area contributed by atoms with Gasteiger partial charge in [-0.1, -0.05) is 20.3 Å². The van der Waals surface area contributed by atoms with Crippen molar-refractivity contribution in [2.75, 3.05) is 12.8 Å². The number of nitrogens with zero attached hydrogens (tertiary/aromatic N) is 4. The summed E-state index contributed by atoms with van der Waals surface area (Å²) in [5, 5.41) is 9.36. The van der Waals surface area contributed by atoms with Gasteiger partial charge < -0.3 is 9.67 Å². The molecule has 2 aromatic rings. The van der Waals surface area contributed by atoms with Gasteiger partial charge in [0.05, 0.1) is 17.5 Å². The highest BCUT2D eigenvalue weighted by Crippen LogP contribution is 2.17. The minimum atomic E-state index is -3.60. The van der Waals surface area contributed by atoms with Crippen LogP contribution in [0.15, 0.2) is 18.5 Å². The van der Waals surface area contributed by atoms with Gasteiger partial charge in [-0.15, -0.1) is 0 Å². The van der Waals surface area contributed by atoms with Crippen molar-refractivity contribution in [3.63, 3.8) is 0 Å². The summed E-state index contributed by atoms with van der Waals surface area (Å²) in [6.07, 6.45) is 5.82. The highest BCUT2D eigenvalue weighted by Gasteiger charge is 2.31. The number of rotatable bonds is 11. The van der Waals surface area contributed by atoms with E-state index < -0.39 is 22.0 Å². The Morgan fingerprint density at radius 2 is 2.00 bits per heavy atom. The number of carbonyl (C=O) groups is 1. The summed E-state index contributed by atoms with van der Waals surface area (Å²) in [5.74, 6) is -0.133. The third-order valence-electron chi connectivity index (χ3n) is 4.88. The number of carboxylic acid groups (broad SMARTS) is 1. The number of aromatic nitrogens is 3. The zero-order valence-electron chi connectivity index (χ0n) is 17.0. The largest absolute Gasteiger partial charge is 0.480 e. The Balaban J connectivity index is 1.88. The van der Waals surface area contributed by atoms with Crippen LogP contribution in [-0.4, -0.2) is 57.2 Å². The van der Waals surface area contributed by atoms with Crippen molar-refractivity contribution in [2.24, 2.45) is 5.92 Å². The fraction of sp³-hybridized carbons (Fsp3) is 0.632. The van der Waals surface area contributed by atoms with E-state index >= 15 is 0 Å². The highest BCUT2D eigenvalue weighted by molar-refractivity contribution is 7.89. The number of aryl methyl sites for hydroxylation is 2. The van der Waals surface area contributed by atoms with Gasteiger partial charge >= 0.3 is 5.97 Å². The number of pyridine rings is 1. The average molecular weight is 411 g/mol. The van der Waals surface area contributed by atoms with Crippen molar-refractivity contribution in [1.82, 2.24) is 18.8 Å². The molecule has 0 spiro atoms. The van der Waals surface area contributed by atoms with Crippen LogP contribution >= 0.6 is 0 Å². The fourth-order valence-electron chi connectivity index (χ4n) is 3.30. The molecular weight excluding hydrogens is 380 g/mol. The molecule has 1 N–H and O–H groups in total. The van der Waals surface area contributed by atoms with Crippen LogP contribution in [0.3, 0.4) is 0 Å². The quantitative estimate of drug-likeness (QED) is 0.571. The number of unbranched alkanes of at least 4 members (excludes halogenated alkanes) is 2. The fourth-order valence-corrected chi connectivity index (χ4v) is 4.73. The molecule has 0 fully saturated rings. The van der Waals surface area contributed by atoms with Crippen LogP contribution < -0.4 is 0 Å². The molecule has 0 bridgehead atoms. The van der Waals surface area contributed by atoms with Gasteiger partial charge in [-0.2, -0.15) is 4.31 Å².